The van der Waals surface area contributed by atoms with E-state index in [1.165, 1.54) is 22.2 Å². The summed E-state index contributed by atoms with van der Waals surface area (Å²) < 4.78 is 1.34. The van der Waals surface area contributed by atoms with Crippen molar-refractivity contribution >= 4 is 23.5 Å². The molecule has 0 bridgehead atoms. The van der Waals surface area contributed by atoms with Gasteiger partial charge in [-0.25, -0.2) is 0 Å². The van der Waals surface area contributed by atoms with Crippen molar-refractivity contribution in [3.8, 4) is 0 Å². The van der Waals surface area contributed by atoms with Crippen molar-refractivity contribution in [2.24, 2.45) is 0 Å². The van der Waals surface area contributed by atoms with E-state index in [4.69, 9.17) is 5.11 Å². The molecular weight excluding hydrogens is 164 g/mol. The molecule has 0 aliphatic carbocycles. The summed E-state index contributed by atoms with van der Waals surface area (Å²) >= 11 is 3.76. The second-order valence-electron chi connectivity index (χ2n) is 2.28. The van der Waals surface area contributed by atoms with Crippen LogP contribution in [0.15, 0.2) is 9.81 Å². The normalized spacial score (nSPS) is 19.2. The van der Waals surface area contributed by atoms with Crippen LogP contribution in [0.25, 0.3) is 0 Å². The van der Waals surface area contributed by atoms with Crippen LogP contribution in [0.4, 0.5) is 0 Å². The highest BCUT2D eigenvalue weighted by atomic mass is 32.2. The highest BCUT2D eigenvalue weighted by Crippen LogP contribution is 2.36. The molecule has 1 aliphatic heterocycles. The molecule has 0 unspecified atom stereocenters. The number of thioether (sulfide) groups is 2. The average molecular weight is 176 g/mol. The third-order valence-corrected chi connectivity index (χ3v) is 4.25. The lowest BCUT2D eigenvalue weighted by atomic mass is 10.4. The van der Waals surface area contributed by atoms with Gasteiger partial charge in [-0.05, 0) is 30.4 Å². The summed E-state index contributed by atoms with van der Waals surface area (Å²) in [5.74, 6) is 2.44. The van der Waals surface area contributed by atoms with E-state index in [9.17, 15) is 0 Å². The van der Waals surface area contributed by atoms with Gasteiger partial charge in [0.15, 0.2) is 0 Å². The van der Waals surface area contributed by atoms with Crippen molar-refractivity contribution in [2.45, 2.75) is 13.3 Å². The third-order valence-electron chi connectivity index (χ3n) is 1.34. The Bertz CT molecular complexity index is 135. The Labute approximate surface area is 70.3 Å². The maximum atomic E-state index is 8.80. The molecule has 1 rings (SSSR count). The van der Waals surface area contributed by atoms with Crippen LogP contribution in [-0.2, 0) is 0 Å². The molecule has 0 radical (unpaired) electrons. The van der Waals surface area contributed by atoms with Crippen molar-refractivity contribution in [3.05, 3.63) is 9.81 Å². The molecule has 0 saturated carbocycles. The molecular formula is C7H12OS2. The second kappa shape index (κ2) is 4.31. The summed E-state index contributed by atoms with van der Waals surface area (Å²) in [4.78, 5) is 0. The largest absolute Gasteiger partial charge is 0.392 e. The first-order valence-electron chi connectivity index (χ1n) is 3.41. The van der Waals surface area contributed by atoms with E-state index in [0.717, 1.165) is 5.57 Å². The Balaban J connectivity index is 2.51. The van der Waals surface area contributed by atoms with Crippen LogP contribution in [0.3, 0.4) is 0 Å². The highest BCUT2D eigenvalue weighted by molar-refractivity contribution is 8.22. The van der Waals surface area contributed by atoms with Crippen LogP contribution in [-0.4, -0.2) is 23.2 Å². The molecule has 1 N–H and O–H groups in total. The Hall–Kier alpha value is 0.400. The topological polar surface area (TPSA) is 20.2 Å². The maximum Gasteiger partial charge on any atom is 0.0657 e. The van der Waals surface area contributed by atoms with Crippen LogP contribution in [0, 0.1) is 0 Å². The molecule has 0 aromatic heterocycles. The molecule has 0 amide bonds. The minimum Gasteiger partial charge on any atom is -0.392 e. The van der Waals surface area contributed by atoms with Gasteiger partial charge in [-0.3, -0.25) is 0 Å². The molecule has 1 aliphatic rings. The third kappa shape index (κ3) is 2.22. The lowest BCUT2D eigenvalue weighted by Crippen LogP contribution is -1.96. The van der Waals surface area contributed by atoms with Crippen molar-refractivity contribution in [1.29, 1.82) is 0 Å². The van der Waals surface area contributed by atoms with E-state index in [2.05, 4.69) is 0 Å². The first kappa shape index (κ1) is 8.50. The summed E-state index contributed by atoms with van der Waals surface area (Å²) in [6.45, 7) is 2.22. The first-order valence-corrected chi connectivity index (χ1v) is 5.38. The van der Waals surface area contributed by atoms with Gasteiger partial charge in [0.25, 0.3) is 0 Å². The number of aliphatic hydroxyl groups excluding tert-OH is 1. The van der Waals surface area contributed by atoms with Crippen LogP contribution in [0.5, 0.6) is 0 Å². The van der Waals surface area contributed by atoms with Gasteiger partial charge in [0, 0.05) is 4.24 Å². The lowest BCUT2D eigenvalue weighted by molar-refractivity contribution is 0.331. The van der Waals surface area contributed by atoms with Crippen molar-refractivity contribution in [1.82, 2.24) is 0 Å². The van der Waals surface area contributed by atoms with E-state index in [1.807, 2.05) is 30.4 Å². The van der Waals surface area contributed by atoms with Gasteiger partial charge in [-0.2, -0.15) is 0 Å². The van der Waals surface area contributed by atoms with Crippen LogP contribution in [0.1, 0.15) is 13.3 Å². The predicted octanol–water partition coefficient (Wildman–Crippen LogP) is 2.08. The molecule has 0 spiro atoms. The quantitative estimate of drug-likeness (QED) is 0.660. The molecule has 10 heavy (non-hydrogen) atoms. The van der Waals surface area contributed by atoms with E-state index in [0.29, 0.717) is 0 Å². The Morgan fingerprint density at radius 1 is 1.50 bits per heavy atom. The van der Waals surface area contributed by atoms with Crippen LogP contribution >= 0.6 is 23.5 Å². The summed E-state index contributed by atoms with van der Waals surface area (Å²) in [6, 6.07) is 0. The lowest BCUT2D eigenvalue weighted by Gasteiger charge is -2.14. The summed E-state index contributed by atoms with van der Waals surface area (Å²) in [5.41, 5.74) is 1.13. The fourth-order valence-corrected chi connectivity index (χ4v) is 3.33. The second-order valence-corrected chi connectivity index (χ2v) is 4.75. The van der Waals surface area contributed by atoms with Gasteiger partial charge in [-0.1, -0.05) is 0 Å². The SMILES string of the molecule is CC(CO)=C1SCCCS1. The number of hydrogen-bond acceptors (Lipinski definition) is 3. The van der Waals surface area contributed by atoms with E-state index in [1.54, 1.807) is 0 Å². The molecule has 1 saturated heterocycles. The smallest absolute Gasteiger partial charge is 0.0657 e. The molecule has 3 heteroatoms. The monoisotopic (exact) mass is 176 g/mol. The summed E-state index contributed by atoms with van der Waals surface area (Å²) in [6.07, 6.45) is 1.30. The van der Waals surface area contributed by atoms with Crippen LogP contribution < -0.4 is 0 Å². The minimum absolute atomic E-state index is 0.218. The standard InChI is InChI=1S/C7H12OS2/c1-6(5-8)7-9-3-2-4-10-7/h8H,2-5H2,1H3. The van der Waals surface area contributed by atoms with Gasteiger partial charge in [0.05, 0.1) is 6.61 Å². The van der Waals surface area contributed by atoms with Crippen molar-refractivity contribution in [2.75, 3.05) is 18.1 Å². The predicted molar refractivity (Wildman–Crippen MR) is 49.3 cm³/mol. The Morgan fingerprint density at radius 3 is 2.60 bits per heavy atom. The summed E-state index contributed by atoms with van der Waals surface area (Å²) in [5, 5.41) is 8.80. The highest BCUT2D eigenvalue weighted by Gasteiger charge is 2.08. The zero-order valence-corrected chi connectivity index (χ0v) is 7.73. The van der Waals surface area contributed by atoms with Gasteiger partial charge in [0.2, 0.25) is 0 Å². The minimum atomic E-state index is 0.218. The van der Waals surface area contributed by atoms with Gasteiger partial charge in [0.1, 0.15) is 0 Å². The number of rotatable bonds is 1. The molecule has 58 valence electrons. The van der Waals surface area contributed by atoms with E-state index < -0.39 is 0 Å². The fraction of sp³-hybridized carbons (Fsp3) is 0.714. The van der Waals surface area contributed by atoms with Crippen LogP contribution in [0.2, 0.25) is 0 Å². The van der Waals surface area contributed by atoms with Gasteiger partial charge in [-0.15, -0.1) is 23.5 Å². The Morgan fingerprint density at radius 2 is 2.10 bits per heavy atom. The van der Waals surface area contributed by atoms with Crippen molar-refractivity contribution in [3.63, 3.8) is 0 Å². The first-order chi connectivity index (χ1) is 4.84. The zero-order valence-electron chi connectivity index (χ0n) is 6.09. The molecule has 0 aromatic carbocycles. The van der Waals surface area contributed by atoms with Gasteiger partial charge < -0.3 is 5.11 Å². The molecule has 0 atom stereocenters. The van der Waals surface area contributed by atoms with E-state index in [-0.39, 0.29) is 6.61 Å². The average Bonchev–Trinajstić information content (AvgIpc) is 2.05. The fourth-order valence-electron chi connectivity index (χ4n) is 0.741. The van der Waals surface area contributed by atoms with E-state index >= 15 is 0 Å². The zero-order chi connectivity index (χ0) is 7.40. The maximum absolute atomic E-state index is 8.80. The van der Waals surface area contributed by atoms with Gasteiger partial charge >= 0.3 is 0 Å². The molecule has 1 heterocycles. The molecule has 0 aromatic rings. The number of hydrogen-bond donors (Lipinski definition) is 1. The number of aliphatic hydroxyl groups is 1. The summed E-state index contributed by atoms with van der Waals surface area (Å²) in [7, 11) is 0. The van der Waals surface area contributed by atoms with Crippen molar-refractivity contribution < 1.29 is 5.11 Å². The molecule has 1 nitrogen and oxygen atoms in total. The molecule has 1 fully saturated rings. The Kier molecular flexibility index (Phi) is 3.66.